The molecule has 0 N–H and O–H groups in total. The maximum Gasteiger partial charge on any atom is -0.0386 e. The molecule has 0 nitrogen and oxygen atoms in total. The zero-order chi connectivity index (χ0) is 8.36. The van der Waals surface area contributed by atoms with Gasteiger partial charge in [0.1, 0.15) is 0 Å². The van der Waals surface area contributed by atoms with Crippen LogP contribution in [-0.4, -0.2) is 0 Å². The number of unbranched alkanes of at least 4 members (excludes halogenated alkanes) is 8. The van der Waals surface area contributed by atoms with Gasteiger partial charge >= 0.3 is 0 Å². The van der Waals surface area contributed by atoms with E-state index in [0.29, 0.717) is 0 Å². The highest BCUT2D eigenvalue weighted by atomic mass is 13.9. The summed E-state index contributed by atoms with van der Waals surface area (Å²) in [6, 6.07) is 0. The Morgan fingerprint density at radius 2 is 1.36 bits per heavy atom. The third kappa shape index (κ3) is 10.0. The average Bonchev–Trinajstić information content (AvgIpc) is 2.03. The summed E-state index contributed by atoms with van der Waals surface area (Å²) in [6.45, 7) is 7.62. The van der Waals surface area contributed by atoms with Gasteiger partial charge in [0.2, 0.25) is 0 Å². The fourth-order valence-corrected chi connectivity index (χ4v) is 1.08. The molecule has 0 fully saturated rings. The minimum absolute atomic E-state index is 1.08. The molecule has 0 spiro atoms. The quantitative estimate of drug-likeness (QED) is 0.463. The van der Waals surface area contributed by atoms with Crippen molar-refractivity contribution in [1.82, 2.24) is 0 Å². The molecular formula is C11H21. The first kappa shape index (κ1) is 11.0. The second kappa shape index (κ2) is 10.0. The molecule has 0 bridgehead atoms. The van der Waals surface area contributed by atoms with Gasteiger partial charge in [0, 0.05) is 0 Å². The van der Waals surface area contributed by atoms with E-state index in [0.717, 1.165) is 12.8 Å². The molecule has 0 amide bonds. The summed E-state index contributed by atoms with van der Waals surface area (Å²) < 4.78 is 0. The van der Waals surface area contributed by atoms with Gasteiger partial charge in [0.15, 0.2) is 0 Å². The highest BCUT2D eigenvalue weighted by Crippen LogP contribution is 2.07. The molecule has 0 saturated heterocycles. The van der Waals surface area contributed by atoms with Crippen LogP contribution in [0.1, 0.15) is 51.4 Å². The van der Waals surface area contributed by atoms with Crippen LogP contribution in [-0.2, 0) is 0 Å². The lowest BCUT2D eigenvalue weighted by atomic mass is 10.1. The topological polar surface area (TPSA) is 0 Å². The molecule has 0 aromatic carbocycles. The lowest BCUT2D eigenvalue weighted by Crippen LogP contribution is -1.80. The Morgan fingerprint density at radius 3 is 2.00 bits per heavy atom. The number of hydrogen-bond acceptors (Lipinski definition) is 0. The van der Waals surface area contributed by atoms with Crippen molar-refractivity contribution in [3.05, 3.63) is 20.3 Å². The summed E-state index contributed by atoms with van der Waals surface area (Å²) in [7, 11) is 0. The Balaban J connectivity index is 2.69. The van der Waals surface area contributed by atoms with Gasteiger partial charge in [-0.1, -0.05) is 65.2 Å². The Hall–Kier alpha value is 0. The van der Waals surface area contributed by atoms with Crippen LogP contribution in [0.4, 0.5) is 0 Å². The van der Waals surface area contributed by atoms with E-state index in [4.69, 9.17) is 0 Å². The first-order valence-electron chi connectivity index (χ1n) is 4.82. The van der Waals surface area contributed by atoms with Crippen LogP contribution < -0.4 is 0 Å². The van der Waals surface area contributed by atoms with Gasteiger partial charge in [-0.2, -0.15) is 0 Å². The standard InChI is InChI=1S/C11H21/c1-3-5-7-9-11-10-8-6-4-2/h9H,1-8,10-11H2. The van der Waals surface area contributed by atoms with Crippen LogP contribution in [0, 0.1) is 20.3 Å². The first-order valence-corrected chi connectivity index (χ1v) is 4.82. The molecule has 11 heavy (non-hydrogen) atoms. The maximum absolute atomic E-state index is 3.81. The molecule has 0 unspecified atom stereocenters. The minimum atomic E-state index is 1.08. The predicted molar refractivity (Wildman–Crippen MR) is 52.0 cm³/mol. The second-order valence-corrected chi connectivity index (χ2v) is 2.99. The van der Waals surface area contributed by atoms with Crippen LogP contribution in [0.2, 0.25) is 0 Å². The Bertz CT molecular complexity index is 49.1. The van der Waals surface area contributed by atoms with E-state index in [2.05, 4.69) is 20.3 Å². The molecule has 0 atom stereocenters. The molecule has 0 heteroatoms. The average molecular weight is 153 g/mol. The molecule has 3 radical (unpaired) electrons. The molecule has 0 aromatic heterocycles. The van der Waals surface area contributed by atoms with Crippen molar-refractivity contribution in [1.29, 1.82) is 0 Å². The van der Waals surface area contributed by atoms with Crippen molar-refractivity contribution in [3.8, 4) is 0 Å². The molecule has 65 valence electrons. The Labute approximate surface area is 72.4 Å². The van der Waals surface area contributed by atoms with Gasteiger partial charge in [0.05, 0.1) is 0 Å². The van der Waals surface area contributed by atoms with E-state index in [1.807, 2.05) is 0 Å². The van der Waals surface area contributed by atoms with Crippen molar-refractivity contribution in [3.63, 3.8) is 0 Å². The molecule has 0 rings (SSSR count). The highest BCUT2D eigenvalue weighted by molar-refractivity contribution is 4.64. The smallest absolute Gasteiger partial charge is 0.0386 e. The van der Waals surface area contributed by atoms with Gasteiger partial charge in [-0.3, -0.25) is 0 Å². The van der Waals surface area contributed by atoms with E-state index in [1.165, 1.54) is 38.5 Å². The van der Waals surface area contributed by atoms with Gasteiger partial charge in [-0.05, 0) is 6.42 Å². The monoisotopic (exact) mass is 153 g/mol. The normalized spacial score (nSPS) is 10.4. The molecular weight excluding hydrogens is 132 g/mol. The molecule has 0 aliphatic heterocycles. The van der Waals surface area contributed by atoms with Crippen molar-refractivity contribution in [2.45, 2.75) is 51.4 Å². The van der Waals surface area contributed by atoms with E-state index < -0.39 is 0 Å². The van der Waals surface area contributed by atoms with Crippen LogP contribution in [0.25, 0.3) is 0 Å². The maximum atomic E-state index is 3.81. The first-order chi connectivity index (χ1) is 5.41. The molecule has 0 heterocycles. The van der Waals surface area contributed by atoms with Gasteiger partial charge in [-0.15, -0.1) is 0 Å². The van der Waals surface area contributed by atoms with Crippen LogP contribution >= 0.6 is 0 Å². The van der Waals surface area contributed by atoms with Crippen molar-refractivity contribution in [2.24, 2.45) is 0 Å². The van der Waals surface area contributed by atoms with Crippen molar-refractivity contribution < 1.29 is 0 Å². The van der Waals surface area contributed by atoms with E-state index in [-0.39, 0.29) is 0 Å². The SMILES string of the molecule is [CH2]CCC[CH]CCCCC[CH2]. The lowest BCUT2D eigenvalue weighted by Gasteiger charge is -1.98. The third-order valence-electron chi connectivity index (χ3n) is 1.82. The number of rotatable bonds is 8. The molecule has 0 aliphatic carbocycles. The lowest BCUT2D eigenvalue weighted by molar-refractivity contribution is 0.659. The van der Waals surface area contributed by atoms with E-state index in [1.54, 1.807) is 0 Å². The Morgan fingerprint density at radius 1 is 0.727 bits per heavy atom. The molecule has 0 aliphatic rings. The van der Waals surface area contributed by atoms with E-state index in [9.17, 15) is 0 Å². The Kier molecular flexibility index (Phi) is 10.0. The van der Waals surface area contributed by atoms with E-state index >= 15 is 0 Å². The third-order valence-corrected chi connectivity index (χ3v) is 1.82. The summed E-state index contributed by atoms with van der Waals surface area (Å²) in [5.74, 6) is 0. The fourth-order valence-electron chi connectivity index (χ4n) is 1.08. The zero-order valence-electron chi connectivity index (χ0n) is 7.65. The van der Waals surface area contributed by atoms with Gasteiger partial charge in [-0.25, -0.2) is 0 Å². The fraction of sp³-hybridized carbons (Fsp3) is 0.727. The second-order valence-electron chi connectivity index (χ2n) is 2.99. The van der Waals surface area contributed by atoms with Crippen molar-refractivity contribution >= 4 is 0 Å². The van der Waals surface area contributed by atoms with Crippen LogP contribution in [0.15, 0.2) is 0 Å². The summed E-state index contributed by atoms with van der Waals surface area (Å²) in [6.07, 6.45) is 12.4. The predicted octanol–water partition coefficient (Wildman–Crippen LogP) is 3.98. The summed E-state index contributed by atoms with van der Waals surface area (Å²) >= 11 is 0. The molecule has 0 saturated carbocycles. The zero-order valence-corrected chi connectivity index (χ0v) is 7.65. The summed E-state index contributed by atoms with van der Waals surface area (Å²) in [5, 5.41) is 0. The highest BCUT2D eigenvalue weighted by Gasteiger charge is 1.89. The minimum Gasteiger partial charge on any atom is -0.0533 e. The van der Waals surface area contributed by atoms with Gasteiger partial charge < -0.3 is 0 Å². The van der Waals surface area contributed by atoms with Crippen LogP contribution in [0.5, 0.6) is 0 Å². The largest absolute Gasteiger partial charge is 0.0533 e. The summed E-state index contributed by atoms with van der Waals surface area (Å²) in [4.78, 5) is 0. The van der Waals surface area contributed by atoms with Gasteiger partial charge in [0.25, 0.3) is 0 Å². The van der Waals surface area contributed by atoms with Crippen LogP contribution in [0.3, 0.4) is 0 Å². The number of hydrogen-bond donors (Lipinski definition) is 0. The molecule has 0 aromatic rings. The summed E-state index contributed by atoms with van der Waals surface area (Å²) in [5.41, 5.74) is 0. The van der Waals surface area contributed by atoms with Crippen molar-refractivity contribution in [2.75, 3.05) is 0 Å².